The van der Waals surface area contributed by atoms with E-state index in [0.29, 0.717) is 21.7 Å². The van der Waals surface area contributed by atoms with Gasteiger partial charge in [0.2, 0.25) is 0 Å². The second-order valence-electron chi connectivity index (χ2n) is 6.53. The molecule has 6 nitrogen and oxygen atoms in total. The summed E-state index contributed by atoms with van der Waals surface area (Å²) >= 11 is 6.11. The molecule has 2 aromatic carbocycles. The molecule has 2 N–H and O–H groups in total. The van der Waals surface area contributed by atoms with E-state index in [2.05, 4.69) is 10.3 Å². The molecule has 0 radical (unpaired) electrons. The first-order valence-corrected chi connectivity index (χ1v) is 9.52. The van der Waals surface area contributed by atoms with E-state index in [-0.39, 0.29) is 25.5 Å². The Bertz CT molecular complexity index is 1060. The van der Waals surface area contributed by atoms with Gasteiger partial charge in [-0.15, -0.1) is 0 Å². The van der Waals surface area contributed by atoms with Gasteiger partial charge in [0.25, 0.3) is 5.91 Å². The van der Waals surface area contributed by atoms with Crippen molar-refractivity contribution in [2.75, 3.05) is 19.8 Å². The summed E-state index contributed by atoms with van der Waals surface area (Å²) in [5, 5.41) is 13.6. The van der Waals surface area contributed by atoms with Gasteiger partial charge >= 0.3 is 6.18 Å². The van der Waals surface area contributed by atoms with Gasteiger partial charge in [-0.3, -0.25) is 9.78 Å². The number of carbonyl (C=O) groups is 1. The summed E-state index contributed by atoms with van der Waals surface area (Å²) in [7, 11) is 0. The Labute approximate surface area is 180 Å². The summed E-state index contributed by atoms with van der Waals surface area (Å²) in [5.74, 6) is -0.161. The summed E-state index contributed by atoms with van der Waals surface area (Å²) in [6.45, 7) is -0.788. The molecule has 31 heavy (non-hydrogen) atoms. The zero-order valence-corrected chi connectivity index (χ0v) is 16.8. The largest absolute Gasteiger partial charge is 0.491 e. The maximum absolute atomic E-state index is 12.7. The van der Waals surface area contributed by atoms with Gasteiger partial charge in [0.15, 0.2) is 6.61 Å². The van der Waals surface area contributed by atoms with Crippen LogP contribution < -0.4 is 14.8 Å². The zero-order chi connectivity index (χ0) is 22.4. The maximum atomic E-state index is 12.7. The Kier molecular flexibility index (Phi) is 7.19. The molecule has 3 rings (SSSR count). The third-order valence-corrected chi connectivity index (χ3v) is 4.51. The van der Waals surface area contributed by atoms with E-state index >= 15 is 0 Å². The van der Waals surface area contributed by atoms with Crippen molar-refractivity contribution in [1.82, 2.24) is 10.3 Å². The molecule has 1 aromatic heterocycles. The predicted molar refractivity (Wildman–Crippen MR) is 108 cm³/mol. The number of halogens is 4. The normalized spacial score (nSPS) is 12.4. The van der Waals surface area contributed by atoms with Crippen molar-refractivity contribution in [3.63, 3.8) is 0 Å². The summed E-state index contributed by atoms with van der Waals surface area (Å²) in [6.07, 6.45) is -4.04. The molecular weight excluding hydrogens is 437 g/mol. The number of fused-ring (bicyclic) bond motifs is 1. The van der Waals surface area contributed by atoms with E-state index in [1.807, 2.05) is 0 Å². The lowest BCUT2D eigenvalue weighted by atomic mass is 10.2. The minimum absolute atomic E-state index is 0.0364. The first-order valence-electron chi connectivity index (χ1n) is 9.15. The van der Waals surface area contributed by atoms with E-state index in [9.17, 15) is 23.1 Å². The Morgan fingerprint density at radius 1 is 1.16 bits per heavy atom. The van der Waals surface area contributed by atoms with Crippen LogP contribution in [0.2, 0.25) is 5.02 Å². The van der Waals surface area contributed by atoms with Gasteiger partial charge in [-0.25, -0.2) is 0 Å². The fourth-order valence-electron chi connectivity index (χ4n) is 2.67. The number of aromatic nitrogens is 1. The monoisotopic (exact) mass is 454 g/mol. The molecule has 3 aromatic rings. The van der Waals surface area contributed by atoms with Crippen LogP contribution >= 0.6 is 11.6 Å². The van der Waals surface area contributed by atoms with Gasteiger partial charge in [-0.1, -0.05) is 17.7 Å². The van der Waals surface area contributed by atoms with Crippen molar-refractivity contribution in [2.45, 2.75) is 12.3 Å². The van der Waals surface area contributed by atoms with Gasteiger partial charge in [-0.2, -0.15) is 13.2 Å². The average Bonchev–Trinajstić information content (AvgIpc) is 2.75. The molecule has 0 fully saturated rings. The second kappa shape index (κ2) is 9.84. The highest BCUT2D eigenvalue weighted by atomic mass is 35.5. The van der Waals surface area contributed by atoms with Crippen LogP contribution in [0, 0.1) is 0 Å². The Morgan fingerprint density at radius 3 is 2.74 bits per heavy atom. The first-order chi connectivity index (χ1) is 14.7. The number of hydrogen-bond acceptors (Lipinski definition) is 5. The molecule has 1 heterocycles. The number of ether oxygens (including phenoxy) is 2. The van der Waals surface area contributed by atoms with Crippen LogP contribution in [0.25, 0.3) is 10.9 Å². The second-order valence-corrected chi connectivity index (χ2v) is 6.94. The third kappa shape index (κ3) is 6.22. The molecule has 0 bridgehead atoms. The summed E-state index contributed by atoms with van der Waals surface area (Å²) in [4.78, 5) is 16.2. The van der Waals surface area contributed by atoms with Crippen molar-refractivity contribution < 1.29 is 32.5 Å². The Balaban J connectivity index is 1.45. The number of carbonyl (C=O) groups excluding carboxylic acids is 1. The number of hydrogen-bond donors (Lipinski definition) is 2. The maximum Gasteiger partial charge on any atom is 0.416 e. The van der Waals surface area contributed by atoms with Crippen molar-refractivity contribution in [2.24, 2.45) is 0 Å². The Hall–Kier alpha value is -3.04. The molecule has 1 atom stereocenters. The molecule has 1 unspecified atom stereocenters. The average molecular weight is 455 g/mol. The van der Waals surface area contributed by atoms with Crippen LogP contribution in [0.1, 0.15) is 5.56 Å². The summed E-state index contributed by atoms with van der Waals surface area (Å²) < 4.78 is 48.8. The Morgan fingerprint density at radius 2 is 1.97 bits per heavy atom. The van der Waals surface area contributed by atoms with Crippen molar-refractivity contribution in [3.05, 3.63) is 65.3 Å². The minimum atomic E-state index is -4.49. The van der Waals surface area contributed by atoms with E-state index in [4.69, 9.17) is 21.1 Å². The van der Waals surface area contributed by atoms with Crippen LogP contribution in [-0.2, 0) is 11.0 Å². The predicted octanol–water partition coefficient (Wildman–Crippen LogP) is 3.84. The number of alkyl halides is 3. The molecule has 0 aliphatic heterocycles. The quantitative estimate of drug-likeness (QED) is 0.540. The SMILES string of the molecule is O=C(COc1ccc(Cl)c2cccnc12)NCC(O)COc1cccc(C(F)(F)F)c1. The standard InChI is InChI=1S/C21H18ClF3N2O4/c22-17-6-7-18(20-16(17)5-2-8-26-20)31-12-19(29)27-10-14(28)11-30-15-4-1-3-13(9-15)21(23,24)25/h1-9,14,28H,10-12H2,(H,27,29). The lowest BCUT2D eigenvalue weighted by molar-refractivity contribution is -0.137. The number of nitrogens with zero attached hydrogens (tertiary/aromatic N) is 1. The van der Waals surface area contributed by atoms with E-state index < -0.39 is 23.8 Å². The fourth-order valence-corrected chi connectivity index (χ4v) is 2.88. The van der Waals surface area contributed by atoms with Crippen LogP contribution in [0.4, 0.5) is 13.2 Å². The van der Waals surface area contributed by atoms with Crippen molar-refractivity contribution in [3.8, 4) is 11.5 Å². The zero-order valence-electron chi connectivity index (χ0n) is 16.0. The first kappa shape index (κ1) is 22.6. The van der Waals surface area contributed by atoms with E-state index in [0.717, 1.165) is 12.1 Å². The van der Waals surface area contributed by atoms with Crippen LogP contribution in [-0.4, -0.2) is 41.9 Å². The molecule has 10 heteroatoms. The highest BCUT2D eigenvalue weighted by Gasteiger charge is 2.30. The van der Waals surface area contributed by atoms with Gasteiger partial charge in [0.1, 0.15) is 29.7 Å². The van der Waals surface area contributed by atoms with Crippen LogP contribution in [0.15, 0.2) is 54.7 Å². The van der Waals surface area contributed by atoms with Gasteiger partial charge in [-0.05, 0) is 42.5 Å². The van der Waals surface area contributed by atoms with E-state index in [1.165, 1.54) is 12.1 Å². The molecular formula is C21H18ClF3N2O4. The summed E-state index contributed by atoms with van der Waals surface area (Å²) in [6, 6.07) is 11.0. The number of nitrogens with one attached hydrogen (secondary N) is 1. The molecule has 0 spiro atoms. The van der Waals surface area contributed by atoms with Gasteiger partial charge in [0.05, 0.1) is 10.6 Å². The highest BCUT2D eigenvalue weighted by molar-refractivity contribution is 6.35. The molecule has 0 aliphatic rings. The number of benzene rings is 2. The number of aliphatic hydroxyl groups is 1. The van der Waals surface area contributed by atoms with Gasteiger partial charge in [0, 0.05) is 18.1 Å². The van der Waals surface area contributed by atoms with Crippen LogP contribution in [0.5, 0.6) is 11.5 Å². The number of rotatable bonds is 8. The van der Waals surface area contributed by atoms with E-state index in [1.54, 1.807) is 30.5 Å². The third-order valence-electron chi connectivity index (χ3n) is 4.18. The number of pyridine rings is 1. The molecule has 0 saturated carbocycles. The molecule has 1 amide bonds. The van der Waals surface area contributed by atoms with Crippen molar-refractivity contribution in [1.29, 1.82) is 0 Å². The van der Waals surface area contributed by atoms with Crippen molar-refractivity contribution >= 4 is 28.4 Å². The highest BCUT2D eigenvalue weighted by Crippen LogP contribution is 2.31. The minimum Gasteiger partial charge on any atom is -0.491 e. The molecule has 0 saturated heterocycles. The lowest BCUT2D eigenvalue weighted by Gasteiger charge is -2.15. The summed E-state index contributed by atoms with van der Waals surface area (Å²) in [5.41, 5.74) is -0.341. The van der Waals surface area contributed by atoms with Crippen LogP contribution in [0.3, 0.4) is 0 Å². The molecule has 164 valence electrons. The lowest BCUT2D eigenvalue weighted by Crippen LogP contribution is -2.37. The smallest absolute Gasteiger partial charge is 0.416 e. The molecule has 0 aliphatic carbocycles. The number of amides is 1. The fraction of sp³-hybridized carbons (Fsp3) is 0.238. The van der Waals surface area contributed by atoms with Gasteiger partial charge < -0.3 is 19.9 Å². The number of aliphatic hydroxyl groups excluding tert-OH is 1. The topological polar surface area (TPSA) is 80.7 Å².